The number of hydrogen-bond donors (Lipinski definition) is 3. The topological polar surface area (TPSA) is 114 Å². The Labute approximate surface area is 172 Å². The van der Waals surface area contributed by atoms with Gasteiger partial charge >= 0.3 is 12.0 Å². The maximum absolute atomic E-state index is 13.8. The van der Waals surface area contributed by atoms with Crippen LogP contribution in [-0.4, -0.2) is 49.0 Å². The lowest BCUT2D eigenvalue weighted by molar-refractivity contribution is -0.139. The summed E-state index contributed by atoms with van der Waals surface area (Å²) in [6, 6.07) is 1.63. The minimum absolute atomic E-state index is 0.109. The number of nitrogens with two attached hydrogens (primary N) is 1. The third-order valence-corrected chi connectivity index (χ3v) is 5.30. The predicted molar refractivity (Wildman–Crippen MR) is 103 cm³/mol. The second kappa shape index (κ2) is 9.21. The molecule has 0 saturated carbocycles. The molecule has 3 rings (SSSR count). The molecule has 1 unspecified atom stereocenters. The van der Waals surface area contributed by atoms with Gasteiger partial charge in [0.1, 0.15) is 0 Å². The minimum Gasteiger partial charge on any atom is -0.463 e. The summed E-state index contributed by atoms with van der Waals surface area (Å²) in [6.45, 7) is 3.11. The number of carbonyl (C=O) groups excluding carboxylic acids is 3. The Balaban J connectivity index is 1.92. The molecule has 0 bridgehead atoms. The van der Waals surface area contributed by atoms with E-state index in [0.29, 0.717) is 31.6 Å². The van der Waals surface area contributed by atoms with E-state index in [2.05, 4.69) is 10.6 Å². The number of benzene rings is 1. The number of hydrogen-bond acceptors (Lipinski definition) is 5. The van der Waals surface area contributed by atoms with Gasteiger partial charge in [0.15, 0.2) is 11.6 Å². The Morgan fingerprint density at radius 3 is 2.53 bits per heavy atom. The number of urea groups is 1. The van der Waals surface area contributed by atoms with E-state index in [9.17, 15) is 23.2 Å². The van der Waals surface area contributed by atoms with Gasteiger partial charge in [0.25, 0.3) is 0 Å². The highest BCUT2D eigenvalue weighted by Gasteiger charge is 2.35. The Morgan fingerprint density at radius 1 is 1.23 bits per heavy atom. The average molecular weight is 422 g/mol. The molecule has 0 radical (unpaired) electrons. The SMILES string of the molecule is CCOC(=O)C1=C(CN2CCC(C(N)=O)CC2)NC(=O)NC1c1ccc(F)c(F)c1. The molecule has 8 nitrogen and oxygen atoms in total. The molecule has 2 aliphatic heterocycles. The quantitative estimate of drug-likeness (QED) is 0.599. The first-order valence-corrected chi connectivity index (χ1v) is 9.74. The summed E-state index contributed by atoms with van der Waals surface area (Å²) in [4.78, 5) is 38.3. The minimum atomic E-state index is -1.08. The number of nitrogens with zero attached hydrogens (tertiary/aromatic N) is 1. The molecule has 4 N–H and O–H groups in total. The van der Waals surface area contributed by atoms with Crippen molar-refractivity contribution in [3.05, 3.63) is 46.7 Å². The molecule has 1 aromatic carbocycles. The second-order valence-electron chi connectivity index (χ2n) is 7.27. The molecule has 1 saturated heterocycles. The third kappa shape index (κ3) is 4.76. The van der Waals surface area contributed by atoms with Gasteiger partial charge in [-0.05, 0) is 50.6 Å². The van der Waals surface area contributed by atoms with Crippen LogP contribution in [0.2, 0.25) is 0 Å². The van der Waals surface area contributed by atoms with E-state index in [1.54, 1.807) is 6.92 Å². The molecule has 162 valence electrons. The molecule has 0 aliphatic carbocycles. The zero-order chi connectivity index (χ0) is 21.8. The molecular weight excluding hydrogens is 398 g/mol. The van der Waals surface area contributed by atoms with E-state index in [0.717, 1.165) is 12.1 Å². The van der Waals surface area contributed by atoms with E-state index in [4.69, 9.17) is 10.5 Å². The van der Waals surface area contributed by atoms with E-state index < -0.39 is 29.7 Å². The van der Waals surface area contributed by atoms with Gasteiger partial charge in [-0.2, -0.15) is 0 Å². The molecule has 2 aliphatic rings. The molecule has 1 fully saturated rings. The van der Waals surface area contributed by atoms with Crippen LogP contribution in [0, 0.1) is 17.6 Å². The van der Waals surface area contributed by atoms with E-state index in [-0.39, 0.29) is 36.1 Å². The fraction of sp³-hybridized carbons (Fsp3) is 0.450. The number of carbonyl (C=O) groups is 3. The second-order valence-corrected chi connectivity index (χ2v) is 7.27. The van der Waals surface area contributed by atoms with Crippen molar-refractivity contribution in [2.24, 2.45) is 11.7 Å². The van der Waals surface area contributed by atoms with Crippen LogP contribution in [0.5, 0.6) is 0 Å². The zero-order valence-electron chi connectivity index (χ0n) is 16.5. The lowest BCUT2D eigenvalue weighted by Gasteiger charge is -2.34. The maximum atomic E-state index is 13.8. The van der Waals surface area contributed by atoms with Crippen LogP contribution < -0.4 is 16.4 Å². The normalized spacial score (nSPS) is 20.5. The zero-order valence-corrected chi connectivity index (χ0v) is 16.5. The highest BCUT2D eigenvalue weighted by molar-refractivity contribution is 5.95. The highest BCUT2D eigenvalue weighted by atomic mass is 19.2. The Kier molecular flexibility index (Phi) is 6.66. The van der Waals surface area contributed by atoms with Crippen LogP contribution in [0.15, 0.2) is 29.5 Å². The Hall–Kier alpha value is -3.01. The smallest absolute Gasteiger partial charge is 0.338 e. The molecule has 2 heterocycles. The maximum Gasteiger partial charge on any atom is 0.338 e. The standard InChI is InChI=1S/C20H24F2N4O4/c1-2-30-19(28)16-15(10-26-7-5-11(6-8-26)18(23)27)24-20(29)25-17(16)12-3-4-13(21)14(22)9-12/h3-4,9,11,17H,2,5-8,10H2,1H3,(H2,23,27)(H2,24,25,29). The Morgan fingerprint density at radius 2 is 1.93 bits per heavy atom. The number of primary amides is 1. The van der Waals surface area contributed by atoms with Crippen LogP contribution >= 0.6 is 0 Å². The summed E-state index contributed by atoms with van der Waals surface area (Å²) in [5.41, 5.74) is 6.03. The van der Waals surface area contributed by atoms with Crippen molar-refractivity contribution in [1.82, 2.24) is 15.5 Å². The summed E-state index contributed by atoms with van der Waals surface area (Å²) in [5, 5.41) is 5.22. The summed E-state index contributed by atoms with van der Waals surface area (Å²) in [5.74, 6) is -3.31. The summed E-state index contributed by atoms with van der Waals surface area (Å²) in [6.07, 6.45) is 1.16. The lowest BCUT2D eigenvalue weighted by Crippen LogP contribution is -2.49. The van der Waals surface area contributed by atoms with E-state index in [1.165, 1.54) is 6.07 Å². The van der Waals surface area contributed by atoms with Gasteiger partial charge in [0.05, 0.1) is 18.2 Å². The number of halogens is 2. The van der Waals surface area contributed by atoms with Crippen molar-refractivity contribution in [2.75, 3.05) is 26.2 Å². The van der Waals surface area contributed by atoms with Gasteiger partial charge in [0, 0.05) is 18.2 Å². The fourth-order valence-corrected chi connectivity index (χ4v) is 3.73. The number of esters is 1. The molecule has 10 heteroatoms. The lowest BCUT2D eigenvalue weighted by atomic mass is 9.93. The van der Waals surface area contributed by atoms with Crippen molar-refractivity contribution in [2.45, 2.75) is 25.8 Å². The van der Waals surface area contributed by atoms with Gasteiger partial charge in [0.2, 0.25) is 5.91 Å². The van der Waals surface area contributed by atoms with Gasteiger partial charge in [-0.25, -0.2) is 18.4 Å². The van der Waals surface area contributed by atoms with Gasteiger partial charge in [-0.15, -0.1) is 0 Å². The number of piperidine rings is 1. The van der Waals surface area contributed by atoms with Crippen LogP contribution in [0.25, 0.3) is 0 Å². The summed E-state index contributed by atoms with van der Waals surface area (Å²) < 4.78 is 32.3. The van der Waals surface area contributed by atoms with E-state index in [1.807, 2.05) is 4.90 Å². The largest absolute Gasteiger partial charge is 0.463 e. The molecule has 1 atom stereocenters. The molecule has 3 amide bonds. The number of ether oxygens (including phenoxy) is 1. The summed E-state index contributed by atoms with van der Waals surface area (Å²) in [7, 11) is 0. The van der Waals surface area contributed by atoms with Gasteiger partial charge in [-0.1, -0.05) is 6.07 Å². The van der Waals surface area contributed by atoms with Crippen LogP contribution in [0.4, 0.5) is 13.6 Å². The number of nitrogens with one attached hydrogen (secondary N) is 2. The van der Waals surface area contributed by atoms with Crippen molar-refractivity contribution >= 4 is 17.9 Å². The van der Waals surface area contributed by atoms with Crippen molar-refractivity contribution in [1.29, 1.82) is 0 Å². The third-order valence-electron chi connectivity index (χ3n) is 5.30. The number of amides is 3. The first-order chi connectivity index (χ1) is 14.3. The molecule has 1 aromatic rings. The average Bonchev–Trinajstić information content (AvgIpc) is 2.70. The first kappa shape index (κ1) is 21.7. The highest BCUT2D eigenvalue weighted by Crippen LogP contribution is 2.29. The summed E-state index contributed by atoms with van der Waals surface area (Å²) >= 11 is 0. The number of likely N-dealkylation sites (tertiary alicyclic amines) is 1. The van der Waals surface area contributed by atoms with Crippen LogP contribution in [0.3, 0.4) is 0 Å². The monoisotopic (exact) mass is 422 g/mol. The van der Waals surface area contributed by atoms with E-state index >= 15 is 0 Å². The predicted octanol–water partition coefficient (Wildman–Crippen LogP) is 1.33. The van der Waals surface area contributed by atoms with Gasteiger partial charge in [-0.3, -0.25) is 9.69 Å². The van der Waals surface area contributed by atoms with Crippen molar-refractivity contribution in [3.63, 3.8) is 0 Å². The molecule has 0 spiro atoms. The van der Waals surface area contributed by atoms with Crippen molar-refractivity contribution < 1.29 is 27.9 Å². The number of rotatable bonds is 6. The van der Waals surface area contributed by atoms with Crippen LogP contribution in [0.1, 0.15) is 31.4 Å². The van der Waals surface area contributed by atoms with Crippen molar-refractivity contribution in [3.8, 4) is 0 Å². The van der Waals surface area contributed by atoms with Crippen LogP contribution in [-0.2, 0) is 14.3 Å². The Bertz CT molecular complexity index is 882. The molecule has 0 aromatic heterocycles. The first-order valence-electron chi connectivity index (χ1n) is 9.74. The molecular formula is C20H24F2N4O4. The fourth-order valence-electron chi connectivity index (χ4n) is 3.73. The van der Waals surface area contributed by atoms with Gasteiger partial charge < -0.3 is 21.1 Å². The molecule has 30 heavy (non-hydrogen) atoms.